The van der Waals surface area contributed by atoms with Crippen LogP contribution < -0.4 is 0 Å². The second kappa shape index (κ2) is 14.4. The molecule has 1 atom stereocenters. The van der Waals surface area contributed by atoms with Gasteiger partial charge in [0.1, 0.15) is 6.29 Å². The first-order valence-electron chi connectivity index (χ1n) is 8.00. The molecule has 0 aromatic heterocycles. The number of hydrogen-bond donors (Lipinski definition) is 2. The van der Waals surface area contributed by atoms with Crippen LogP contribution in [0.5, 0.6) is 0 Å². The number of Topliss-reactive ketones (excluding diaryl/α,β-unsaturated/α-hetero) is 1. The Morgan fingerprint density at radius 1 is 1.03 bits per heavy atom. The molecule has 154 valence electrons. The highest BCUT2D eigenvalue weighted by molar-refractivity contribution is 9.12. The van der Waals surface area contributed by atoms with E-state index in [1.165, 1.54) is 6.08 Å². The van der Waals surface area contributed by atoms with E-state index in [9.17, 15) is 24.0 Å². The number of carboxylic acid groups (broad SMARTS) is 2. The first kappa shape index (κ1) is 26.4. The summed E-state index contributed by atoms with van der Waals surface area (Å²) in [7, 11) is 0. The molecule has 0 aliphatic heterocycles. The van der Waals surface area contributed by atoms with E-state index in [2.05, 4.69) is 31.9 Å². The summed E-state index contributed by atoms with van der Waals surface area (Å²) in [5, 5.41) is 15.9. The number of carbonyl (C=O) groups excluding carboxylic acids is 3. The lowest BCUT2D eigenvalue weighted by Crippen LogP contribution is -2.08. The number of aldehydes is 1. The number of hydrogen-bond acceptors (Lipinski definition) is 5. The zero-order chi connectivity index (χ0) is 22.4. The molecule has 2 N–H and O–H groups in total. The van der Waals surface area contributed by atoms with Crippen LogP contribution in [0.2, 0.25) is 0 Å². The van der Waals surface area contributed by atoms with Crippen molar-refractivity contribution in [3.05, 3.63) is 63.1 Å². The second-order valence-electron chi connectivity index (χ2n) is 5.40. The van der Waals surface area contributed by atoms with Gasteiger partial charge in [-0.3, -0.25) is 9.59 Å². The number of carbonyl (C=O) groups is 5. The van der Waals surface area contributed by atoms with Crippen LogP contribution in [-0.4, -0.2) is 40.0 Å². The van der Waals surface area contributed by atoms with E-state index in [0.717, 1.165) is 40.2 Å². The lowest BCUT2D eigenvalue weighted by atomic mass is 10.0. The largest absolute Gasteiger partial charge is 0.476 e. The van der Waals surface area contributed by atoms with Crippen molar-refractivity contribution >= 4 is 67.7 Å². The van der Waals surface area contributed by atoms with Crippen LogP contribution in [0, 0.1) is 5.92 Å². The first-order valence-corrected chi connectivity index (χ1v) is 9.59. The molecule has 1 unspecified atom stereocenters. The molecule has 0 amide bonds. The predicted octanol–water partition coefficient (Wildman–Crippen LogP) is 3.82. The van der Waals surface area contributed by atoms with Gasteiger partial charge in [0.25, 0.3) is 5.78 Å². The predicted molar refractivity (Wildman–Crippen MR) is 114 cm³/mol. The Balaban J connectivity index is 0.000000448. The summed E-state index contributed by atoms with van der Waals surface area (Å²) in [5.74, 6) is -4.47. The molecular weight excluding hydrogens is 512 g/mol. The summed E-state index contributed by atoms with van der Waals surface area (Å²) in [6.07, 6.45) is 10.1. The van der Waals surface area contributed by atoms with Gasteiger partial charge in [0, 0.05) is 21.8 Å². The zero-order valence-electron chi connectivity index (χ0n) is 15.2. The molecule has 0 fully saturated rings. The summed E-state index contributed by atoms with van der Waals surface area (Å²) < 4.78 is 2.00. The number of halogens is 2. The van der Waals surface area contributed by atoms with Gasteiger partial charge >= 0.3 is 11.9 Å². The molecule has 0 saturated heterocycles. The molecule has 9 heteroatoms. The van der Waals surface area contributed by atoms with Gasteiger partial charge in [-0.05, 0) is 30.2 Å². The van der Waals surface area contributed by atoms with Crippen molar-refractivity contribution in [3.8, 4) is 0 Å². The molecule has 0 heterocycles. The monoisotopic (exact) mass is 528 g/mol. The van der Waals surface area contributed by atoms with Gasteiger partial charge in [-0.15, -0.1) is 0 Å². The number of benzene rings is 1. The van der Waals surface area contributed by atoms with Gasteiger partial charge in [0.15, 0.2) is 0 Å². The molecular formula is C20H18Br2O7. The second-order valence-corrected chi connectivity index (χ2v) is 7.23. The fourth-order valence-electron chi connectivity index (χ4n) is 1.53. The molecule has 7 nitrogen and oxygen atoms in total. The highest BCUT2D eigenvalue weighted by Crippen LogP contribution is 2.18. The lowest BCUT2D eigenvalue weighted by molar-refractivity contribution is -0.148. The van der Waals surface area contributed by atoms with E-state index < -0.39 is 23.5 Å². The van der Waals surface area contributed by atoms with Crippen LogP contribution in [0.25, 0.3) is 6.08 Å². The summed E-state index contributed by atoms with van der Waals surface area (Å²) in [6.45, 7) is 1.00. The minimum atomic E-state index is -1.45. The average Bonchev–Trinajstić information content (AvgIpc) is 2.68. The molecule has 0 radical (unpaired) electrons. The SMILES string of the molecule is CC(=O)C(=O)O.O=C(O)C(=O)/C=C/c1ccc(Br)cc1.O=CC1C=CC(Br)=CC1. The Hall–Kier alpha value is -2.65. The van der Waals surface area contributed by atoms with Gasteiger partial charge in [0.05, 0.1) is 0 Å². The van der Waals surface area contributed by atoms with E-state index in [0.29, 0.717) is 0 Å². The summed E-state index contributed by atoms with van der Waals surface area (Å²) in [6, 6.07) is 7.17. The van der Waals surface area contributed by atoms with E-state index >= 15 is 0 Å². The van der Waals surface area contributed by atoms with Crippen LogP contribution in [0.4, 0.5) is 0 Å². The Kier molecular flexibility index (Phi) is 13.0. The maximum absolute atomic E-state index is 10.7. The van der Waals surface area contributed by atoms with E-state index in [1.807, 2.05) is 30.4 Å². The molecule has 1 aliphatic carbocycles. The van der Waals surface area contributed by atoms with Crippen LogP contribution in [0.15, 0.2) is 57.5 Å². The summed E-state index contributed by atoms with van der Waals surface area (Å²) in [5.41, 5.74) is 0.780. The van der Waals surface area contributed by atoms with Crippen molar-refractivity contribution in [1.82, 2.24) is 0 Å². The van der Waals surface area contributed by atoms with Crippen LogP contribution in [0.3, 0.4) is 0 Å². The standard InChI is InChI=1S/C10H7BrO3.C7H7BrO.C3H4O3/c11-8-4-1-7(2-5-8)3-6-9(12)10(13)14;8-7-3-1-6(5-9)2-4-7;1-2(4)3(5)6/h1-6H,(H,13,14);1,3-6H,2H2;1H3,(H,5,6)/b6-3+;;. The van der Waals surface area contributed by atoms with Gasteiger partial charge in [-0.1, -0.05) is 68.3 Å². The highest BCUT2D eigenvalue weighted by atomic mass is 79.9. The molecule has 1 aliphatic rings. The number of allylic oxidation sites excluding steroid dienone is 4. The number of aliphatic carboxylic acids is 2. The third kappa shape index (κ3) is 13.2. The highest BCUT2D eigenvalue weighted by Gasteiger charge is 2.05. The topological polar surface area (TPSA) is 126 Å². The normalized spacial score (nSPS) is 14.4. The van der Waals surface area contributed by atoms with Crippen LogP contribution >= 0.6 is 31.9 Å². The van der Waals surface area contributed by atoms with Gasteiger partial charge in [0.2, 0.25) is 5.78 Å². The fraction of sp³-hybridized carbons (Fsp3) is 0.150. The molecule has 0 saturated carbocycles. The molecule has 1 aromatic rings. The summed E-state index contributed by atoms with van der Waals surface area (Å²) >= 11 is 6.57. The van der Waals surface area contributed by atoms with Gasteiger partial charge in [-0.25, -0.2) is 9.59 Å². The van der Waals surface area contributed by atoms with Gasteiger partial charge in [-0.2, -0.15) is 0 Å². The Morgan fingerprint density at radius 3 is 1.97 bits per heavy atom. The molecule has 0 bridgehead atoms. The Bertz CT molecular complexity index is 825. The van der Waals surface area contributed by atoms with Gasteiger partial charge < -0.3 is 15.0 Å². The van der Waals surface area contributed by atoms with E-state index in [-0.39, 0.29) is 5.92 Å². The van der Waals surface area contributed by atoms with Crippen molar-refractivity contribution in [3.63, 3.8) is 0 Å². The zero-order valence-corrected chi connectivity index (χ0v) is 18.4. The molecule has 2 rings (SSSR count). The molecule has 1 aromatic carbocycles. The first-order chi connectivity index (χ1) is 13.6. The van der Waals surface area contributed by atoms with Crippen molar-refractivity contribution in [2.75, 3.05) is 0 Å². The average molecular weight is 530 g/mol. The minimum Gasteiger partial charge on any atom is -0.476 e. The van der Waals surface area contributed by atoms with E-state index in [4.69, 9.17) is 10.2 Å². The smallest absolute Gasteiger partial charge is 0.376 e. The number of ketones is 2. The van der Waals surface area contributed by atoms with Crippen LogP contribution in [-0.2, 0) is 24.0 Å². The third-order valence-electron chi connectivity index (χ3n) is 3.07. The fourth-order valence-corrected chi connectivity index (χ4v) is 2.13. The quantitative estimate of drug-likeness (QED) is 0.337. The Morgan fingerprint density at radius 2 is 1.59 bits per heavy atom. The third-order valence-corrected chi connectivity index (χ3v) is 4.19. The van der Waals surface area contributed by atoms with Crippen molar-refractivity contribution in [1.29, 1.82) is 0 Å². The minimum absolute atomic E-state index is 0.103. The lowest BCUT2D eigenvalue weighted by Gasteiger charge is -2.04. The van der Waals surface area contributed by atoms with Crippen LogP contribution in [0.1, 0.15) is 18.9 Å². The number of carboxylic acids is 2. The number of rotatable bonds is 5. The van der Waals surface area contributed by atoms with Crippen molar-refractivity contribution in [2.24, 2.45) is 5.92 Å². The maximum atomic E-state index is 10.7. The van der Waals surface area contributed by atoms with Crippen molar-refractivity contribution < 1.29 is 34.2 Å². The summed E-state index contributed by atoms with van der Waals surface area (Å²) in [4.78, 5) is 49.9. The van der Waals surface area contributed by atoms with Crippen molar-refractivity contribution in [2.45, 2.75) is 13.3 Å². The Labute approximate surface area is 184 Å². The molecule has 29 heavy (non-hydrogen) atoms. The van der Waals surface area contributed by atoms with E-state index in [1.54, 1.807) is 12.1 Å². The molecule has 0 spiro atoms. The maximum Gasteiger partial charge on any atom is 0.376 e.